The Balaban J connectivity index is 1.63. The number of carbonyl (C=O) groups is 2. The largest absolute Gasteiger partial charge is 0.454 e. The normalized spacial score (nSPS) is 12.2. The first-order chi connectivity index (χ1) is 12.5. The molecule has 1 aliphatic heterocycles. The lowest BCUT2D eigenvalue weighted by molar-refractivity contribution is -0.136. The van der Waals surface area contributed by atoms with Crippen molar-refractivity contribution in [2.75, 3.05) is 12.1 Å². The molecule has 0 spiro atoms. The van der Waals surface area contributed by atoms with Gasteiger partial charge in [-0.3, -0.25) is 9.59 Å². The lowest BCUT2D eigenvalue weighted by Crippen LogP contribution is -2.35. The molecule has 0 atom stereocenters. The minimum atomic E-state index is -0.680. The number of hydrogen-bond donors (Lipinski definition) is 2. The number of carbonyl (C=O) groups excluding carboxylic acids is 2. The van der Waals surface area contributed by atoms with Crippen molar-refractivity contribution in [2.24, 2.45) is 0 Å². The predicted octanol–water partition coefficient (Wildman–Crippen LogP) is 3.10. The molecule has 2 aromatic carbocycles. The van der Waals surface area contributed by atoms with Crippen LogP contribution in [0.3, 0.4) is 0 Å². The van der Waals surface area contributed by atoms with Gasteiger partial charge in [0.1, 0.15) is 0 Å². The van der Waals surface area contributed by atoms with E-state index >= 15 is 0 Å². The van der Waals surface area contributed by atoms with Crippen LogP contribution in [0.15, 0.2) is 36.4 Å². The molecule has 2 amide bonds. The highest BCUT2D eigenvalue weighted by molar-refractivity contribution is 6.39. The summed E-state index contributed by atoms with van der Waals surface area (Å²) in [5, 5.41) is 5.37. The minimum Gasteiger partial charge on any atom is -0.454 e. The summed E-state index contributed by atoms with van der Waals surface area (Å²) >= 11 is 0. The number of benzene rings is 2. The van der Waals surface area contributed by atoms with Crippen LogP contribution in [0.2, 0.25) is 0 Å². The molecule has 3 rings (SSSR count). The Kier molecular flexibility index (Phi) is 5.11. The van der Waals surface area contributed by atoms with E-state index in [1.165, 1.54) is 0 Å². The van der Waals surface area contributed by atoms with E-state index in [-0.39, 0.29) is 19.3 Å². The van der Waals surface area contributed by atoms with Gasteiger partial charge in [0.2, 0.25) is 6.79 Å². The summed E-state index contributed by atoms with van der Waals surface area (Å²) in [6, 6.07) is 11.2. The number of para-hydroxylation sites is 1. The molecule has 0 bridgehead atoms. The van der Waals surface area contributed by atoms with Gasteiger partial charge in [0.05, 0.1) is 0 Å². The van der Waals surface area contributed by atoms with Gasteiger partial charge in [-0.05, 0) is 41.7 Å². The van der Waals surface area contributed by atoms with Crippen LogP contribution in [0, 0.1) is 6.92 Å². The third kappa shape index (κ3) is 3.79. The summed E-state index contributed by atoms with van der Waals surface area (Å²) in [5.74, 6) is 0.200. The van der Waals surface area contributed by atoms with E-state index in [9.17, 15) is 9.59 Å². The van der Waals surface area contributed by atoms with Gasteiger partial charge in [0, 0.05) is 12.2 Å². The summed E-state index contributed by atoms with van der Waals surface area (Å²) in [5.41, 5.74) is 3.45. The first-order valence-corrected chi connectivity index (χ1v) is 8.53. The monoisotopic (exact) mass is 354 g/mol. The fraction of sp³-hybridized carbons (Fsp3) is 0.300. The van der Waals surface area contributed by atoms with Crippen molar-refractivity contribution < 1.29 is 19.1 Å². The lowest BCUT2D eigenvalue weighted by Gasteiger charge is -2.16. The standard InChI is InChI=1S/C20H22N2O4/c1-12(2)15-6-4-5-13(3)18(15)22-20(24)19(23)21-10-14-7-8-16-17(9-14)26-11-25-16/h4-9,12H,10-11H2,1-3H3,(H,21,23)(H,22,24). The van der Waals surface area contributed by atoms with Crippen molar-refractivity contribution in [2.45, 2.75) is 33.2 Å². The summed E-state index contributed by atoms with van der Waals surface area (Å²) < 4.78 is 10.6. The fourth-order valence-electron chi connectivity index (χ4n) is 2.83. The zero-order valence-electron chi connectivity index (χ0n) is 15.1. The third-order valence-corrected chi connectivity index (χ3v) is 4.26. The van der Waals surface area contributed by atoms with Crippen LogP contribution in [-0.4, -0.2) is 18.6 Å². The second-order valence-corrected chi connectivity index (χ2v) is 6.52. The summed E-state index contributed by atoms with van der Waals surface area (Å²) in [6.45, 7) is 6.43. The molecule has 6 nitrogen and oxygen atoms in total. The Morgan fingerprint density at radius 1 is 1.08 bits per heavy atom. The van der Waals surface area contributed by atoms with Gasteiger partial charge < -0.3 is 20.1 Å². The van der Waals surface area contributed by atoms with E-state index in [0.29, 0.717) is 17.2 Å². The number of fused-ring (bicyclic) bond motifs is 1. The molecule has 6 heteroatoms. The predicted molar refractivity (Wildman–Crippen MR) is 98.3 cm³/mol. The zero-order chi connectivity index (χ0) is 18.7. The molecule has 2 aromatic rings. The fourth-order valence-corrected chi connectivity index (χ4v) is 2.83. The van der Waals surface area contributed by atoms with Crippen molar-refractivity contribution in [3.05, 3.63) is 53.1 Å². The molecule has 2 N–H and O–H groups in total. The van der Waals surface area contributed by atoms with Crippen molar-refractivity contribution in [1.29, 1.82) is 0 Å². The average Bonchev–Trinajstić information content (AvgIpc) is 3.08. The number of anilines is 1. The van der Waals surface area contributed by atoms with Crippen molar-refractivity contribution in [3.8, 4) is 11.5 Å². The Bertz CT molecular complexity index is 846. The highest BCUT2D eigenvalue weighted by Gasteiger charge is 2.18. The van der Waals surface area contributed by atoms with Gasteiger partial charge in [-0.25, -0.2) is 0 Å². The zero-order valence-corrected chi connectivity index (χ0v) is 15.1. The molecule has 1 heterocycles. The lowest BCUT2D eigenvalue weighted by atomic mass is 9.98. The first kappa shape index (κ1) is 17.8. The summed E-state index contributed by atoms with van der Waals surface area (Å²) in [6.07, 6.45) is 0. The Morgan fingerprint density at radius 2 is 1.85 bits per heavy atom. The third-order valence-electron chi connectivity index (χ3n) is 4.26. The van der Waals surface area contributed by atoms with Crippen LogP contribution >= 0.6 is 0 Å². The second-order valence-electron chi connectivity index (χ2n) is 6.52. The SMILES string of the molecule is Cc1cccc(C(C)C)c1NC(=O)C(=O)NCc1ccc2c(c1)OCO2. The number of nitrogens with one attached hydrogen (secondary N) is 2. The molecular weight excluding hydrogens is 332 g/mol. The van der Waals surface area contributed by atoms with E-state index in [1.807, 2.05) is 45.0 Å². The number of amides is 2. The molecule has 0 unspecified atom stereocenters. The van der Waals surface area contributed by atoms with Crippen LogP contribution in [-0.2, 0) is 16.1 Å². The van der Waals surface area contributed by atoms with Crippen LogP contribution < -0.4 is 20.1 Å². The number of aryl methyl sites for hydroxylation is 1. The summed E-state index contributed by atoms with van der Waals surface area (Å²) in [4.78, 5) is 24.4. The molecule has 0 saturated heterocycles. The minimum absolute atomic E-state index is 0.197. The maximum Gasteiger partial charge on any atom is 0.313 e. The smallest absolute Gasteiger partial charge is 0.313 e. The van der Waals surface area contributed by atoms with E-state index in [4.69, 9.17) is 9.47 Å². The van der Waals surface area contributed by atoms with Gasteiger partial charge in [0.25, 0.3) is 0 Å². The molecular formula is C20H22N2O4. The van der Waals surface area contributed by atoms with Crippen LogP contribution in [0.1, 0.15) is 36.5 Å². The maximum atomic E-state index is 12.3. The topological polar surface area (TPSA) is 76.7 Å². The molecule has 0 saturated carbocycles. The van der Waals surface area contributed by atoms with E-state index < -0.39 is 11.8 Å². The first-order valence-electron chi connectivity index (χ1n) is 8.53. The van der Waals surface area contributed by atoms with Crippen LogP contribution in [0.25, 0.3) is 0 Å². The van der Waals surface area contributed by atoms with Crippen molar-refractivity contribution in [3.63, 3.8) is 0 Å². The van der Waals surface area contributed by atoms with Gasteiger partial charge in [-0.2, -0.15) is 0 Å². The Morgan fingerprint density at radius 3 is 2.62 bits per heavy atom. The van der Waals surface area contributed by atoms with Crippen LogP contribution in [0.4, 0.5) is 5.69 Å². The van der Waals surface area contributed by atoms with E-state index in [2.05, 4.69) is 10.6 Å². The molecule has 0 radical (unpaired) electrons. The molecule has 136 valence electrons. The number of hydrogen-bond acceptors (Lipinski definition) is 4. The second kappa shape index (κ2) is 7.47. The number of ether oxygens (including phenoxy) is 2. The maximum absolute atomic E-state index is 12.3. The van der Waals surface area contributed by atoms with Crippen molar-refractivity contribution in [1.82, 2.24) is 5.32 Å². The van der Waals surface area contributed by atoms with Gasteiger partial charge >= 0.3 is 11.8 Å². The quantitative estimate of drug-likeness (QED) is 0.827. The van der Waals surface area contributed by atoms with Gasteiger partial charge in [-0.1, -0.05) is 38.1 Å². The van der Waals surface area contributed by atoms with Crippen molar-refractivity contribution >= 4 is 17.5 Å². The Hall–Kier alpha value is -3.02. The van der Waals surface area contributed by atoms with E-state index in [0.717, 1.165) is 16.7 Å². The van der Waals surface area contributed by atoms with E-state index in [1.54, 1.807) is 12.1 Å². The molecule has 26 heavy (non-hydrogen) atoms. The Labute approximate surface area is 152 Å². The summed E-state index contributed by atoms with van der Waals surface area (Å²) in [7, 11) is 0. The van der Waals surface area contributed by atoms with Crippen LogP contribution in [0.5, 0.6) is 11.5 Å². The average molecular weight is 354 g/mol. The number of rotatable bonds is 4. The molecule has 1 aliphatic rings. The molecule has 0 aromatic heterocycles. The highest BCUT2D eigenvalue weighted by Crippen LogP contribution is 2.32. The molecule has 0 aliphatic carbocycles. The highest BCUT2D eigenvalue weighted by atomic mass is 16.7. The molecule has 0 fully saturated rings. The van der Waals surface area contributed by atoms with Gasteiger partial charge in [-0.15, -0.1) is 0 Å². The van der Waals surface area contributed by atoms with Gasteiger partial charge in [0.15, 0.2) is 11.5 Å².